The lowest BCUT2D eigenvalue weighted by Gasteiger charge is -2.44. The third-order valence-electron chi connectivity index (χ3n) is 9.10. The van der Waals surface area contributed by atoms with E-state index in [2.05, 4.69) is 4.90 Å². The van der Waals surface area contributed by atoms with Gasteiger partial charge in [0.25, 0.3) is 0 Å². The van der Waals surface area contributed by atoms with Gasteiger partial charge in [-0.15, -0.1) is 0 Å². The number of rotatable bonds is 9. The summed E-state index contributed by atoms with van der Waals surface area (Å²) in [7, 11) is 0. The molecule has 0 saturated carbocycles. The van der Waals surface area contributed by atoms with Crippen molar-refractivity contribution in [3.8, 4) is 6.07 Å². The third-order valence-corrected chi connectivity index (χ3v) is 9.10. The summed E-state index contributed by atoms with van der Waals surface area (Å²) in [5.41, 5.74) is 2.37. The number of hydrogen-bond donors (Lipinski definition) is 1. The smallest absolute Gasteiger partial charge is 0.416 e. The Morgan fingerprint density at radius 2 is 1.81 bits per heavy atom. The highest BCUT2D eigenvalue weighted by molar-refractivity contribution is 5.90. The van der Waals surface area contributed by atoms with Crippen molar-refractivity contribution >= 4 is 29.4 Å². The zero-order valence-electron chi connectivity index (χ0n) is 27.2. The van der Waals surface area contributed by atoms with Crippen LogP contribution in [-0.2, 0) is 22.3 Å². The first-order chi connectivity index (χ1) is 22.9. The maximum absolute atomic E-state index is 13.9. The second-order valence-electron chi connectivity index (χ2n) is 12.4. The maximum atomic E-state index is 13.9. The number of fused-ring (bicyclic) bond motifs is 1. The number of aryl methyl sites for hydroxylation is 1. The van der Waals surface area contributed by atoms with E-state index in [1.54, 1.807) is 24.2 Å². The predicted octanol–water partition coefficient (Wildman–Crippen LogP) is 7.26. The number of carbonyl (C=O) groups is 2. The van der Waals surface area contributed by atoms with Crippen molar-refractivity contribution in [2.24, 2.45) is 5.92 Å². The number of piperidine rings is 1. The zero-order chi connectivity index (χ0) is 34.6. The Hall–Kier alpha value is -4.86. The van der Waals surface area contributed by atoms with Gasteiger partial charge < -0.3 is 19.6 Å². The molecule has 0 bridgehead atoms. The molecule has 5 rings (SSSR count). The average Bonchev–Trinajstić information content (AvgIpc) is 3.06. The molecule has 2 aliphatic heterocycles. The molecule has 2 aliphatic rings. The Morgan fingerprint density at radius 1 is 1.10 bits per heavy atom. The van der Waals surface area contributed by atoms with Crippen LogP contribution in [-0.4, -0.2) is 52.9 Å². The van der Waals surface area contributed by atoms with Crippen LogP contribution in [0, 0.1) is 24.2 Å². The Labute approximate surface area is 277 Å². The van der Waals surface area contributed by atoms with Gasteiger partial charge in [-0.1, -0.05) is 24.6 Å². The number of aliphatic carboxylic acids is 1. The van der Waals surface area contributed by atoms with E-state index in [9.17, 15) is 28.0 Å². The minimum atomic E-state index is -4.65. The fraction of sp³-hybridized carbons (Fsp3) is 0.457. The molecule has 3 aromatic rings. The first kappa shape index (κ1) is 34.5. The van der Waals surface area contributed by atoms with Gasteiger partial charge in [0.15, 0.2) is 0 Å². The van der Waals surface area contributed by atoms with Gasteiger partial charge in [0.05, 0.1) is 53.6 Å². The number of nitriles is 1. The highest BCUT2D eigenvalue weighted by Gasteiger charge is 2.40. The summed E-state index contributed by atoms with van der Waals surface area (Å²) in [4.78, 5) is 39.4. The van der Waals surface area contributed by atoms with E-state index >= 15 is 0 Å². The van der Waals surface area contributed by atoms with E-state index in [-0.39, 0.29) is 48.6 Å². The molecule has 1 N–H and O–H groups in total. The fourth-order valence-electron chi connectivity index (χ4n) is 6.73. The number of nitrogens with zero attached hydrogens (tertiary/aromatic N) is 6. The number of aromatic nitrogens is 2. The lowest BCUT2D eigenvalue weighted by molar-refractivity contribution is -0.138. The fourth-order valence-corrected chi connectivity index (χ4v) is 6.73. The highest BCUT2D eigenvalue weighted by Crippen LogP contribution is 2.44. The van der Waals surface area contributed by atoms with Crippen molar-refractivity contribution in [1.82, 2.24) is 9.97 Å². The largest absolute Gasteiger partial charge is 0.481 e. The number of carbonyl (C=O) groups excluding carboxylic acids is 1. The summed E-state index contributed by atoms with van der Waals surface area (Å²) in [6.45, 7) is 7.12. The zero-order valence-corrected chi connectivity index (χ0v) is 27.2. The maximum Gasteiger partial charge on any atom is 0.416 e. The van der Waals surface area contributed by atoms with E-state index in [1.807, 2.05) is 43.0 Å². The van der Waals surface area contributed by atoms with Gasteiger partial charge >= 0.3 is 18.2 Å². The van der Waals surface area contributed by atoms with Crippen LogP contribution in [0.4, 0.5) is 35.3 Å². The van der Waals surface area contributed by atoms with E-state index in [0.717, 1.165) is 41.8 Å². The molecule has 48 heavy (non-hydrogen) atoms. The molecule has 0 radical (unpaired) electrons. The molecule has 10 nitrogen and oxygen atoms in total. The Balaban J connectivity index is 1.56. The van der Waals surface area contributed by atoms with Gasteiger partial charge in [-0.3, -0.25) is 9.69 Å². The predicted molar refractivity (Wildman–Crippen MR) is 174 cm³/mol. The second-order valence-corrected chi connectivity index (χ2v) is 12.4. The number of benzene rings is 2. The number of alkyl halides is 3. The normalized spacial score (nSPS) is 18.2. The molecule has 0 aliphatic carbocycles. The average molecular weight is 665 g/mol. The standard InChI is InChI=1S/C35H39F3N6O4/c1-4-27-17-31(29-12-22(3)6-7-30(29)44(27)34(47)48-5-2)43(21-25-13-24(18-39)14-26(15-25)35(36,37)38)33-40-19-28(20-41-33)42-10-8-23(9-11-42)16-32(45)46/h6-7,12-15,19-20,23,27,31H,4-5,8-11,16-17,21H2,1-3H3,(H,45,46)/t27-,31+/m1/s1. The minimum Gasteiger partial charge on any atom is -0.481 e. The van der Waals surface area contributed by atoms with Crippen LogP contribution >= 0.6 is 0 Å². The molecular formula is C35H39F3N6O4. The second kappa shape index (κ2) is 14.5. The molecule has 1 fully saturated rings. The van der Waals surface area contributed by atoms with Crippen LogP contribution in [0.1, 0.15) is 79.8 Å². The molecule has 2 atom stereocenters. The van der Waals surface area contributed by atoms with Gasteiger partial charge in [-0.25, -0.2) is 14.8 Å². The summed E-state index contributed by atoms with van der Waals surface area (Å²) in [6.07, 6.45) is 0.858. The van der Waals surface area contributed by atoms with Gasteiger partial charge in [-0.2, -0.15) is 18.4 Å². The number of ether oxygens (including phenoxy) is 1. The van der Waals surface area contributed by atoms with Crippen LogP contribution in [0.25, 0.3) is 0 Å². The van der Waals surface area contributed by atoms with Crippen molar-refractivity contribution in [3.05, 3.63) is 76.6 Å². The van der Waals surface area contributed by atoms with Crippen LogP contribution in [0.5, 0.6) is 0 Å². The molecule has 1 amide bonds. The van der Waals surface area contributed by atoms with Crippen molar-refractivity contribution in [3.63, 3.8) is 0 Å². The summed E-state index contributed by atoms with van der Waals surface area (Å²) < 4.78 is 47.1. The minimum absolute atomic E-state index is 0.0353. The molecule has 0 spiro atoms. The van der Waals surface area contributed by atoms with Gasteiger partial charge in [0.1, 0.15) is 0 Å². The van der Waals surface area contributed by atoms with Gasteiger partial charge in [0.2, 0.25) is 5.95 Å². The number of amides is 1. The van der Waals surface area contributed by atoms with Crippen molar-refractivity contribution in [2.75, 3.05) is 34.4 Å². The molecule has 1 saturated heterocycles. The first-order valence-electron chi connectivity index (χ1n) is 16.1. The van der Waals surface area contributed by atoms with Crippen molar-refractivity contribution in [1.29, 1.82) is 5.26 Å². The summed E-state index contributed by atoms with van der Waals surface area (Å²) in [5, 5.41) is 18.7. The number of carboxylic acid groups (broad SMARTS) is 1. The number of halogens is 3. The van der Waals surface area contributed by atoms with Crippen LogP contribution in [0.3, 0.4) is 0 Å². The molecule has 1 aromatic heterocycles. The monoisotopic (exact) mass is 664 g/mol. The number of anilines is 3. The lowest BCUT2D eigenvalue weighted by atomic mass is 9.87. The van der Waals surface area contributed by atoms with E-state index in [0.29, 0.717) is 31.6 Å². The lowest BCUT2D eigenvalue weighted by Crippen LogP contribution is -2.48. The van der Waals surface area contributed by atoms with Crippen molar-refractivity contribution < 1.29 is 32.6 Å². The van der Waals surface area contributed by atoms with Gasteiger partial charge in [0, 0.05) is 32.1 Å². The Bertz CT molecular complexity index is 1670. The molecule has 2 aromatic carbocycles. The Morgan fingerprint density at radius 3 is 2.42 bits per heavy atom. The highest BCUT2D eigenvalue weighted by atomic mass is 19.4. The van der Waals surface area contributed by atoms with Gasteiger partial charge in [-0.05, 0) is 80.8 Å². The molecular weight excluding hydrogens is 625 g/mol. The van der Waals surface area contributed by atoms with E-state index in [4.69, 9.17) is 19.8 Å². The summed E-state index contributed by atoms with van der Waals surface area (Å²) >= 11 is 0. The first-order valence-corrected chi connectivity index (χ1v) is 16.1. The van der Waals surface area contributed by atoms with E-state index in [1.165, 1.54) is 6.07 Å². The number of hydrogen-bond acceptors (Lipinski definition) is 8. The van der Waals surface area contributed by atoms with E-state index < -0.39 is 29.8 Å². The Kier molecular flexibility index (Phi) is 10.4. The molecule has 0 unspecified atom stereocenters. The number of carboxylic acids is 1. The molecule has 254 valence electrons. The van der Waals surface area contributed by atoms with Crippen LogP contribution in [0.15, 0.2) is 48.8 Å². The van der Waals surface area contributed by atoms with Crippen LogP contribution in [0.2, 0.25) is 0 Å². The van der Waals surface area contributed by atoms with Crippen molar-refractivity contribution in [2.45, 2.75) is 77.7 Å². The molecule has 3 heterocycles. The summed E-state index contributed by atoms with van der Waals surface area (Å²) in [6, 6.07) is 10.2. The SMILES string of the molecule is CCOC(=O)N1c2ccc(C)cc2[C@@H](N(Cc2cc(C#N)cc(C(F)(F)F)c2)c2ncc(N3CCC(CC(=O)O)CC3)cn2)C[C@H]1CC. The topological polar surface area (TPSA) is 123 Å². The van der Waals surface area contributed by atoms with Crippen LogP contribution < -0.4 is 14.7 Å². The quantitative estimate of drug-likeness (QED) is 0.252. The molecule has 13 heteroatoms. The summed E-state index contributed by atoms with van der Waals surface area (Å²) in [5.74, 6) is -0.415. The third kappa shape index (κ3) is 7.64.